The molecule has 2 fully saturated rings. The summed E-state index contributed by atoms with van der Waals surface area (Å²) in [5.41, 5.74) is 7.71. The molecule has 2 aliphatic heterocycles. The molecule has 2 saturated heterocycles. The van der Waals surface area contributed by atoms with Crippen LogP contribution >= 0.6 is 0 Å². The Balaban J connectivity index is 1.85. The molecule has 2 amide bonds. The number of carbonyl (C=O) groups is 2. The molecule has 0 aliphatic carbocycles. The molecule has 6 heteroatoms. The van der Waals surface area contributed by atoms with Gasteiger partial charge in [0.05, 0.1) is 0 Å². The minimum absolute atomic E-state index is 0.0329. The Labute approximate surface area is 180 Å². The molecule has 2 N–H and O–H groups in total. The molecule has 0 bridgehead atoms. The predicted molar refractivity (Wildman–Crippen MR) is 118 cm³/mol. The topological polar surface area (TPSA) is 75.9 Å². The lowest BCUT2D eigenvalue weighted by molar-refractivity contribution is -0.131. The summed E-state index contributed by atoms with van der Waals surface area (Å²) in [6.07, 6.45) is 4.57. The van der Waals surface area contributed by atoms with Crippen LogP contribution in [0.2, 0.25) is 0 Å². The van der Waals surface area contributed by atoms with E-state index in [1.165, 1.54) is 24.8 Å². The van der Waals surface area contributed by atoms with Crippen LogP contribution in [0.1, 0.15) is 64.5 Å². The van der Waals surface area contributed by atoms with Gasteiger partial charge in [-0.2, -0.15) is 0 Å². The minimum Gasteiger partial charge on any atom is -0.483 e. The summed E-state index contributed by atoms with van der Waals surface area (Å²) in [7, 11) is 0. The number of benzene rings is 1. The van der Waals surface area contributed by atoms with Crippen LogP contribution in [-0.4, -0.2) is 53.9 Å². The minimum atomic E-state index is -0.465. The Bertz CT molecular complexity index is 771. The Morgan fingerprint density at radius 3 is 2.60 bits per heavy atom. The first-order valence-electron chi connectivity index (χ1n) is 11.2. The molecule has 166 valence electrons. The quantitative estimate of drug-likeness (QED) is 0.802. The normalized spacial score (nSPS) is 22.9. The van der Waals surface area contributed by atoms with E-state index < -0.39 is 5.91 Å². The number of fused-ring (bicyclic) bond motifs is 1. The lowest BCUT2D eigenvalue weighted by atomic mass is 9.85. The smallest absolute Gasteiger partial charge is 0.255 e. The van der Waals surface area contributed by atoms with Crippen molar-refractivity contribution in [3.8, 4) is 5.75 Å². The van der Waals surface area contributed by atoms with Gasteiger partial charge in [0.15, 0.2) is 6.61 Å². The molecule has 0 unspecified atom stereocenters. The van der Waals surface area contributed by atoms with Gasteiger partial charge in [-0.25, -0.2) is 0 Å². The van der Waals surface area contributed by atoms with Crippen LogP contribution in [0.3, 0.4) is 0 Å². The summed E-state index contributed by atoms with van der Waals surface area (Å²) >= 11 is 0. The molecule has 0 radical (unpaired) electrons. The number of carbonyl (C=O) groups excluding carboxylic acids is 2. The van der Waals surface area contributed by atoms with E-state index >= 15 is 0 Å². The molecule has 0 spiro atoms. The first-order valence-corrected chi connectivity index (χ1v) is 11.2. The number of ether oxygens (including phenoxy) is 1. The van der Waals surface area contributed by atoms with Crippen molar-refractivity contribution in [1.29, 1.82) is 0 Å². The van der Waals surface area contributed by atoms with E-state index in [4.69, 9.17) is 10.5 Å². The molecule has 1 aromatic carbocycles. The maximum absolute atomic E-state index is 11.9. The highest BCUT2D eigenvalue weighted by molar-refractivity contribution is 5.75. The third-order valence-corrected chi connectivity index (χ3v) is 6.55. The van der Waals surface area contributed by atoms with Gasteiger partial charge < -0.3 is 15.4 Å². The standard InChI is InChI=1S/C24H37N3O3/c1-17(28)26-12-10-21-18(14-26)7-5-6-11-27(21)15-19-13-20(24(2,3)4)8-9-22(19)30-16-23(25)29/h8-9,13,18,21H,5-7,10-12,14-16H2,1-4H3,(H2,25,29)/t18-,21+/m0/s1. The monoisotopic (exact) mass is 415 g/mol. The van der Waals surface area contributed by atoms with E-state index in [2.05, 4.69) is 37.8 Å². The van der Waals surface area contributed by atoms with Gasteiger partial charge in [0.1, 0.15) is 5.75 Å². The first-order chi connectivity index (χ1) is 14.1. The molecule has 2 atom stereocenters. The highest BCUT2D eigenvalue weighted by Crippen LogP contribution is 2.34. The second-order valence-electron chi connectivity index (χ2n) is 9.87. The van der Waals surface area contributed by atoms with Gasteiger partial charge in [-0.05, 0) is 48.8 Å². The zero-order chi connectivity index (χ0) is 21.9. The van der Waals surface area contributed by atoms with Crippen LogP contribution in [0.15, 0.2) is 18.2 Å². The van der Waals surface area contributed by atoms with Crippen LogP contribution in [0.5, 0.6) is 5.75 Å². The Morgan fingerprint density at radius 2 is 1.93 bits per heavy atom. The second-order valence-corrected chi connectivity index (χ2v) is 9.87. The molecule has 1 aromatic rings. The zero-order valence-corrected chi connectivity index (χ0v) is 18.9. The summed E-state index contributed by atoms with van der Waals surface area (Å²) in [6, 6.07) is 6.76. The van der Waals surface area contributed by atoms with Crippen LogP contribution in [0, 0.1) is 5.92 Å². The lowest BCUT2D eigenvalue weighted by Crippen LogP contribution is -2.51. The van der Waals surface area contributed by atoms with Gasteiger partial charge >= 0.3 is 0 Å². The summed E-state index contributed by atoms with van der Waals surface area (Å²) in [5.74, 6) is 0.978. The van der Waals surface area contributed by atoms with Crippen molar-refractivity contribution in [2.24, 2.45) is 11.7 Å². The number of hydrogen-bond acceptors (Lipinski definition) is 4. The fraction of sp³-hybridized carbons (Fsp3) is 0.667. The summed E-state index contributed by atoms with van der Waals surface area (Å²) in [5, 5.41) is 0. The van der Waals surface area contributed by atoms with E-state index in [-0.39, 0.29) is 17.9 Å². The van der Waals surface area contributed by atoms with Gasteiger partial charge in [-0.3, -0.25) is 14.5 Å². The van der Waals surface area contributed by atoms with Crippen molar-refractivity contribution in [2.45, 2.75) is 71.4 Å². The van der Waals surface area contributed by atoms with Crippen molar-refractivity contribution in [3.05, 3.63) is 29.3 Å². The van der Waals surface area contributed by atoms with E-state index in [0.717, 1.165) is 43.9 Å². The fourth-order valence-electron chi connectivity index (χ4n) is 4.83. The van der Waals surface area contributed by atoms with E-state index in [1.807, 2.05) is 11.0 Å². The average Bonchev–Trinajstić information content (AvgIpc) is 2.87. The molecule has 6 nitrogen and oxygen atoms in total. The number of hydrogen-bond donors (Lipinski definition) is 1. The van der Waals surface area contributed by atoms with Gasteiger partial charge in [-0.15, -0.1) is 0 Å². The van der Waals surface area contributed by atoms with E-state index in [1.54, 1.807) is 6.92 Å². The highest BCUT2D eigenvalue weighted by Gasteiger charge is 2.35. The largest absolute Gasteiger partial charge is 0.483 e. The Hall–Kier alpha value is -2.08. The summed E-state index contributed by atoms with van der Waals surface area (Å²) in [4.78, 5) is 27.8. The third kappa shape index (κ3) is 5.54. The number of amides is 2. The summed E-state index contributed by atoms with van der Waals surface area (Å²) in [6.45, 7) is 11.7. The van der Waals surface area contributed by atoms with Crippen molar-refractivity contribution in [3.63, 3.8) is 0 Å². The maximum Gasteiger partial charge on any atom is 0.255 e. The van der Waals surface area contributed by atoms with Gasteiger partial charge in [0.25, 0.3) is 5.91 Å². The van der Waals surface area contributed by atoms with Gasteiger partial charge in [0, 0.05) is 38.2 Å². The van der Waals surface area contributed by atoms with Crippen LogP contribution in [0.25, 0.3) is 0 Å². The molecule has 0 aromatic heterocycles. The summed E-state index contributed by atoms with van der Waals surface area (Å²) < 4.78 is 5.77. The van der Waals surface area contributed by atoms with Crippen molar-refractivity contribution in [1.82, 2.24) is 9.80 Å². The van der Waals surface area contributed by atoms with Gasteiger partial charge in [0.2, 0.25) is 5.91 Å². The number of nitrogens with two attached hydrogens (primary N) is 1. The number of likely N-dealkylation sites (tertiary alicyclic amines) is 2. The zero-order valence-electron chi connectivity index (χ0n) is 18.9. The molecule has 3 rings (SSSR count). The van der Waals surface area contributed by atoms with Crippen LogP contribution in [-0.2, 0) is 21.5 Å². The SMILES string of the molecule is CC(=O)N1CC[C@@H]2[C@@H](CCCCN2Cc2cc(C(C)(C)C)ccc2OCC(N)=O)C1. The second kappa shape index (κ2) is 9.38. The highest BCUT2D eigenvalue weighted by atomic mass is 16.5. The van der Waals surface area contributed by atoms with Crippen LogP contribution < -0.4 is 10.5 Å². The van der Waals surface area contributed by atoms with Crippen molar-refractivity contribution < 1.29 is 14.3 Å². The number of primary amides is 1. The Morgan fingerprint density at radius 1 is 1.17 bits per heavy atom. The molecule has 2 heterocycles. The van der Waals surface area contributed by atoms with Crippen LogP contribution in [0.4, 0.5) is 0 Å². The first kappa shape index (κ1) is 22.6. The number of piperidine rings is 1. The predicted octanol–water partition coefficient (Wildman–Crippen LogP) is 3.07. The van der Waals surface area contributed by atoms with Crippen molar-refractivity contribution >= 4 is 11.8 Å². The van der Waals surface area contributed by atoms with E-state index in [9.17, 15) is 9.59 Å². The number of rotatable bonds is 5. The molecule has 0 saturated carbocycles. The fourth-order valence-corrected chi connectivity index (χ4v) is 4.83. The van der Waals surface area contributed by atoms with E-state index in [0.29, 0.717) is 12.0 Å². The number of nitrogens with zero attached hydrogens (tertiary/aromatic N) is 2. The molecule has 30 heavy (non-hydrogen) atoms. The lowest BCUT2D eigenvalue weighted by Gasteiger charge is -2.42. The van der Waals surface area contributed by atoms with Crippen molar-refractivity contribution in [2.75, 3.05) is 26.2 Å². The Kier molecular flexibility index (Phi) is 7.06. The average molecular weight is 416 g/mol. The molecule has 2 aliphatic rings. The molecular formula is C24H37N3O3. The van der Waals surface area contributed by atoms with Gasteiger partial charge in [-0.1, -0.05) is 39.3 Å². The maximum atomic E-state index is 11.9. The third-order valence-electron chi connectivity index (χ3n) is 6.55. The molecular weight excluding hydrogens is 378 g/mol.